The molecule has 0 radical (unpaired) electrons. The van der Waals surface area contributed by atoms with Gasteiger partial charge in [0.25, 0.3) is 0 Å². The van der Waals surface area contributed by atoms with Gasteiger partial charge in [-0.3, -0.25) is 4.99 Å². The Morgan fingerprint density at radius 1 is 1.08 bits per heavy atom. The Hall–Kier alpha value is -2.04. The summed E-state index contributed by atoms with van der Waals surface area (Å²) in [6, 6.07) is 14.1. The number of hydrogen-bond donors (Lipinski definition) is 0. The Bertz CT molecular complexity index is 722. The van der Waals surface area contributed by atoms with E-state index in [2.05, 4.69) is 46.0 Å². The van der Waals surface area contributed by atoms with E-state index in [0.29, 0.717) is 10.8 Å². The number of benzene rings is 2. The van der Waals surface area contributed by atoms with Crippen molar-refractivity contribution >= 4 is 29.2 Å². The number of piperazine rings is 1. The fraction of sp³-hybridized carbons (Fsp3) is 0.350. The van der Waals surface area contributed by atoms with Gasteiger partial charge in [-0.2, -0.15) is 0 Å². The number of nitrogens with zero attached hydrogens (tertiary/aromatic N) is 3. The van der Waals surface area contributed by atoms with Crippen LogP contribution in [0.2, 0.25) is 5.02 Å². The topological polar surface area (TPSA) is 28.1 Å². The molecule has 1 fully saturated rings. The Balaban J connectivity index is 1.63. The molecule has 1 aliphatic rings. The zero-order valence-corrected chi connectivity index (χ0v) is 15.5. The van der Waals surface area contributed by atoms with Crippen molar-refractivity contribution in [1.29, 1.82) is 0 Å². The predicted octanol–water partition coefficient (Wildman–Crippen LogP) is 4.24. The van der Waals surface area contributed by atoms with Gasteiger partial charge in [-0.05, 0) is 54.6 Å². The largest absolute Gasteiger partial charge is 0.495 e. The summed E-state index contributed by atoms with van der Waals surface area (Å²) >= 11 is 6.14. The van der Waals surface area contributed by atoms with E-state index >= 15 is 0 Å². The fourth-order valence-corrected chi connectivity index (χ4v) is 3.25. The standard InChI is InChI=1S/C20H24ClN3O/c1-3-23-10-12-24(13-11-23)18-7-5-17(6-8-18)22-15-16-4-9-20(25-2)19(21)14-16/h4-9,14-15H,3,10-13H2,1-2H3. The first-order valence-corrected chi connectivity index (χ1v) is 9.02. The first-order chi connectivity index (χ1) is 12.2. The highest BCUT2D eigenvalue weighted by Gasteiger charge is 2.15. The number of methoxy groups -OCH3 is 1. The molecule has 5 heteroatoms. The SMILES string of the molecule is CCN1CCN(c2ccc(N=Cc3ccc(OC)c(Cl)c3)cc2)CC1. The molecule has 132 valence electrons. The molecular weight excluding hydrogens is 334 g/mol. The number of anilines is 1. The van der Waals surface area contributed by atoms with Crippen LogP contribution < -0.4 is 9.64 Å². The molecule has 0 aromatic heterocycles. The fourth-order valence-electron chi connectivity index (χ4n) is 2.98. The van der Waals surface area contributed by atoms with Gasteiger partial charge >= 0.3 is 0 Å². The third-order valence-electron chi connectivity index (χ3n) is 4.57. The summed E-state index contributed by atoms with van der Waals surface area (Å²) in [6.07, 6.45) is 1.82. The van der Waals surface area contributed by atoms with Crippen molar-refractivity contribution in [3.63, 3.8) is 0 Å². The minimum atomic E-state index is 0.591. The van der Waals surface area contributed by atoms with Crippen LogP contribution in [-0.2, 0) is 0 Å². The zero-order chi connectivity index (χ0) is 17.6. The van der Waals surface area contributed by atoms with Crippen LogP contribution in [0.25, 0.3) is 0 Å². The molecule has 1 aliphatic heterocycles. The Morgan fingerprint density at radius 2 is 1.80 bits per heavy atom. The Morgan fingerprint density at radius 3 is 2.40 bits per heavy atom. The van der Waals surface area contributed by atoms with Gasteiger partial charge < -0.3 is 14.5 Å². The van der Waals surface area contributed by atoms with Gasteiger partial charge in [-0.15, -0.1) is 0 Å². The van der Waals surface area contributed by atoms with E-state index in [1.54, 1.807) is 7.11 Å². The maximum absolute atomic E-state index is 6.14. The highest BCUT2D eigenvalue weighted by Crippen LogP contribution is 2.25. The van der Waals surface area contributed by atoms with Gasteiger partial charge in [0.2, 0.25) is 0 Å². The molecule has 3 rings (SSSR count). The number of rotatable bonds is 5. The van der Waals surface area contributed by atoms with Crippen LogP contribution in [0.15, 0.2) is 47.5 Å². The minimum absolute atomic E-state index is 0.591. The van der Waals surface area contributed by atoms with Crippen LogP contribution in [0.3, 0.4) is 0 Å². The van der Waals surface area contributed by atoms with Crippen LogP contribution in [0.1, 0.15) is 12.5 Å². The van der Waals surface area contributed by atoms with Gasteiger partial charge in [-0.25, -0.2) is 0 Å². The van der Waals surface area contributed by atoms with Gasteiger partial charge in [0.15, 0.2) is 0 Å². The summed E-state index contributed by atoms with van der Waals surface area (Å²) in [7, 11) is 1.61. The molecule has 1 heterocycles. The summed E-state index contributed by atoms with van der Waals surface area (Å²) in [6.45, 7) is 7.79. The minimum Gasteiger partial charge on any atom is -0.495 e. The Labute approximate surface area is 154 Å². The first kappa shape index (κ1) is 17.8. The molecule has 0 unspecified atom stereocenters. The lowest BCUT2D eigenvalue weighted by molar-refractivity contribution is 0.271. The van der Waals surface area contributed by atoms with Crippen LogP contribution in [0, 0.1) is 0 Å². The van der Waals surface area contributed by atoms with Crippen molar-refractivity contribution in [2.45, 2.75) is 6.92 Å². The zero-order valence-electron chi connectivity index (χ0n) is 14.8. The molecule has 4 nitrogen and oxygen atoms in total. The quantitative estimate of drug-likeness (QED) is 0.749. The highest BCUT2D eigenvalue weighted by atomic mass is 35.5. The van der Waals surface area contributed by atoms with Gasteiger partial charge in [0.05, 0.1) is 17.8 Å². The summed E-state index contributed by atoms with van der Waals surface area (Å²) < 4.78 is 5.16. The van der Waals surface area contributed by atoms with Crippen LogP contribution in [0.4, 0.5) is 11.4 Å². The number of ether oxygens (including phenoxy) is 1. The smallest absolute Gasteiger partial charge is 0.137 e. The molecule has 0 amide bonds. The normalized spacial score (nSPS) is 15.7. The lowest BCUT2D eigenvalue weighted by Crippen LogP contribution is -2.46. The van der Waals surface area contributed by atoms with E-state index in [4.69, 9.17) is 16.3 Å². The predicted molar refractivity (Wildman–Crippen MR) is 106 cm³/mol. The molecule has 2 aromatic carbocycles. The molecule has 0 atom stereocenters. The van der Waals surface area contributed by atoms with Crippen LogP contribution in [-0.4, -0.2) is 50.9 Å². The first-order valence-electron chi connectivity index (χ1n) is 8.64. The van der Waals surface area contributed by atoms with Crippen LogP contribution in [0.5, 0.6) is 5.75 Å². The van der Waals surface area contributed by atoms with E-state index < -0.39 is 0 Å². The molecule has 25 heavy (non-hydrogen) atoms. The maximum atomic E-state index is 6.14. The van der Waals surface area contributed by atoms with Crippen molar-refractivity contribution in [2.75, 3.05) is 44.7 Å². The molecule has 0 aliphatic carbocycles. The second-order valence-electron chi connectivity index (χ2n) is 6.09. The number of hydrogen-bond acceptors (Lipinski definition) is 4. The van der Waals surface area contributed by atoms with E-state index in [1.807, 2.05) is 24.4 Å². The number of likely N-dealkylation sites (N-methyl/N-ethyl adjacent to an activating group) is 1. The lowest BCUT2D eigenvalue weighted by atomic mass is 10.2. The average molecular weight is 358 g/mol. The van der Waals surface area contributed by atoms with E-state index in [9.17, 15) is 0 Å². The third-order valence-corrected chi connectivity index (χ3v) is 4.87. The van der Waals surface area contributed by atoms with Crippen LogP contribution >= 0.6 is 11.6 Å². The maximum Gasteiger partial charge on any atom is 0.137 e. The lowest BCUT2D eigenvalue weighted by Gasteiger charge is -2.35. The van der Waals surface area contributed by atoms with Crippen molar-refractivity contribution in [3.8, 4) is 5.75 Å². The molecule has 2 aromatic rings. The third kappa shape index (κ3) is 4.53. The van der Waals surface area contributed by atoms with Gasteiger partial charge in [-0.1, -0.05) is 18.5 Å². The van der Waals surface area contributed by atoms with Crippen molar-refractivity contribution in [3.05, 3.63) is 53.1 Å². The summed E-state index contributed by atoms with van der Waals surface area (Å²) in [5.41, 5.74) is 3.15. The average Bonchev–Trinajstić information content (AvgIpc) is 2.67. The van der Waals surface area contributed by atoms with Crippen molar-refractivity contribution < 1.29 is 4.74 Å². The molecule has 0 spiro atoms. The van der Waals surface area contributed by atoms with Crippen molar-refractivity contribution in [2.24, 2.45) is 4.99 Å². The van der Waals surface area contributed by atoms with Gasteiger partial charge in [0, 0.05) is 38.1 Å². The second-order valence-corrected chi connectivity index (χ2v) is 6.50. The molecular formula is C20H24ClN3O. The molecule has 0 saturated carbocycles. The second kappa shape index (κ2) is 8.37. The van der Waals surface area contributed by atoms with E-state index in [0.717, 1.165) is 44.0 Å². The van der Waals surface area contributed by atoms with Gasteiger partial charge in [0.1, 0.15) is 5.75 Å². The summed E-state index contributed by atoms with van der Waals surface area (Å²) in [5.74, 6) is 0.673. The molecule has 0 N–H and O–H groups in total. The summed E-state index contributed by atoms with van der Waals surface area (Å²) in [4.78, 5) is 9.45. The number of halogens is 1. The van der Waals surface area contributed by atoms with Crippen molar-refractivity contribution in [1.82, 2.24) is 4.90 Å². The number of aliphatic imine (C=N–C) groups is 1. The Kier molecular flexibility index (Phi) is 5.95. The van der Waals surface area contributed by atoms with E-state index in [-0.39, 0.29) is 0 Å². The molecule has 0 bridgehead atoms. The summed E-state index contributed by atoms with van der Waals surface area (Å²) in [5, 5.41) is 0.591. The monoisotopic (exact) mass is 357 g/mol. The van der Waals surface area contributed by atoms with E-state index in [1.165, 1.54) is 5.69 Å². The molecule has 1 saturated heterocycles. The highest BCUT2D eigenvalue weighted by molar-refractivity contribution is 6.32.